The van der Waals surface area contributed by atoms with Crippen LogP contribution < -0.4 is 4.90 Å². The third-order valence-electron chi connectivity index (χ3n) is 7.45. The zero-order chi connectivity index (χ0) is 23.8. The molecule has 6 heterocycles. The fraction of sp³-hybridized carbons (Fsp3) is 0.600. The van der Waals surface area contributed by atoms with Gasteiger partial charge in [0.25, 0.3) is 5.54 Å². The zero-order valence-electron chi connectivity index (χ0n) is 20.0. The van der Waals surface area contributed by atoms with Gasteiger partial charge < -0.3 is 24.0 Å². The van der Waals surface area contributed by atoms with Crippen LogP contribution in [0.4, 0.5) is 5.82 Å². The Morgan fingerprint density at radius 3 is 2.83 bits per heavy atom. The molecule has 0 radical (unpaired) electrons. The fourth-order valence-electron chi connectivity index (χ4n) is 5.43. The number of aromatic nitrogens is 4. The van der Waals surface area contributed by atoms with Crippen LogP contribution in [0.25, 0.3) is 26.4 Å². The van der Waals surface area contributed by atoms with Crippen LogP contribution in [0.2, 0.25) is 0 Å². The van der Waals surface area contributed by atoms with Crippen molar-refractivity contribution in [2.45, 2.75) is 56.8 Å². The Morgan fingerprint density at radius 2 is 2.06 bits per heavy atom. The largest absolute Gasteiger partial charge is 0.381 e. The summed E-state index contributed by atoms with van der Waals surface area (Å²) in [5.41, 5.74) is 2.97. The molecule has 0 aromatic carbocycles. The number of hydrogen-bond acceptors (Lipinski definition) is 8. The SMILES string of the molecule is [C-]#[N+]C1(c2cc(N3CCOC[C@H]3C)nc3c(-c4ccnn4C4CCCCO4)nsc23)CCOCC1. The molecule has 10 heteroatoms. The Balaban J connectivity index is 1.53. The number of nitrogens with zero attached hydrogens (tertiary/aromatic N) is 6. The molecule has 0 N–H and O–H groups in total. The third-order valence-corrected chi connectivity index (χ3v) is 8.32. The van der Waals surface area contributed by atoms with Crippen molar-refractivity contribution in [1.82, 2.24) is 19.1 Å². The van der Waals surface area contributed by atoms with Crippen LogP contribution in [0.15, 0.2) is 18.3 Å². The number of hydrogen-bond donors (Lipinski definition) is 0. The first-order chi connectivity index (χ1) is 17.2. The molecule has 0 spiro atoms. The van der Waals surface area contributed by atoms with Gasteiger partial charge in [0.05, 0.1) is 61.3 Å². The summed E-state index contributed by atoms with van der Waals surface area (Å²) in [5, 5.41) is 4.61. The molecule has 1 unspecified atom stereocenters. The monoisotopic (exact) mass is 494 g/mol. The molecule has 0 amide bonds. The predicted octanol–water partition coefficient (Wildman–Crippen LogP) is 4.40. The Kier molecular flexibility index (Phi) is 6.18. The normalized spacial score (nSPS) is 25.0. The number of rotatable bonds is 4. The Bertz CT molecular complexity index is 1240. The average Bonchev–Trinajstić information content (AvgIpc) is 3.56. The van der Waals surface area contributed by atoms with Gasteiger partial charge in [0, 0.05) is 19.3 Å². The lowest BCUT2D eigenvalue weighted by Crippen LogP contribution is -2.44. The summed E-state index contributed by atoms with van der Waals surface area (Å²) in [6.07, 6.45) is 6.22. The minimum atomic E-state index is -0.625. The Morgan fingerprint density at radius 1 is 1.17 bits per heavy atom. The van der Waals surface area contributed by atoms with Crippen LogP contribution in [0.3, 0.4) is 0 Å². The molecule has 0 saturated carbocycles. The van der Waals surface area contributed by atoms with Gasteiger partial charge in [-0.2, -0.15) is 9.47 Å². The number of pyridine rings is 1. The van der Waals surface area contributed by atoms with Crippen molar-refractivity contribution in [3.63, 3.8) is 0 Å². The second kappa shape index (κ2) is 9.47. The molecule has 0 aliphatic carbocycles. The summed E-state index contributed by atoms with van der Waals surface area (Å²) in [4.78, 5) is 11.7. The highest BCUT2D eigenvalue weighted by Gasteiger charge is 2.44. The lowest BCUT2D eigenvalue weighted by atomic mass is 9.83. The molecule has 2 atom stereocenters. The van der Waals surface area contributed by atoms with Crippen molar-refractivity contribution in [3.05, 3.63) is 35.3 Å². The van der Waals surface area contributed by atoms with E-state index in [0.29, 0.717) is 39.3 Å². The first-order valence-corrected chi connectivity index (χ1v) is 13.2. The van der Waals surface area contributed by atoms with Gasteiger partial charge >= 0.3 is 0 Å². The second-order valence-corrected chi connectivity index (χ2v) is 10.4. The molecule has 6 rings (SSSR count). The number of morpholine rings is 1. The van der Waals surface area contributed by atoms with Crippen molar-refractivity contribution < 1.29 is 14.2 Å². The van der Waals surface area contributed by atoms with E-state index in [1.165, 1.54) is 11.5 Å². The third kappa shape index (κ3) is 4.00. The quantitative estimate of drug-likeness (QED) is 0.497. The van der Waals surface area contributed by atoms with Gasteiger partial charge in [0.15, 0.2) is 6.23 Å². The van der Waals surface area contributed by atoms with Gasteiger partial charge in [-0.05, 0) is 49.9 Å². The summed E-state index contributed by atoms with van der Waals surface area (Å²) in [7, 11) is 0. The first kappa shape index (κ1) is 22.9. The number of fused-ring (bicyclic) bond motifs is 1. The highest BCUT2D eigenvalue weighted by molar-refractivity contribution is 7.13. The van der Waals surface area contributed by atoms with Gasteiger partial charge in [-0.3, -0.25) is 0 Å². The first-order valence-electron chi connectivity index (χ1n) is 12.5. The van der Waals surface area contributed by atoms with Gasteiger partial charge in [-0.1, -0.05) is 0 Å². The summed E-state index contributed by atoms with van der Waals surface area (Å²) in [6, 6.07) is 4.34. The van der Waals surface area contributed by atoms with Crippen molar-refractivity contribution in [3.8, 4) is 11.4 Å². The van der Waals surface area contributed by atoms with Crippen LogP contribution in [0.5, 0.6) is 0 Å². The average molecular weight is 495 g/mol. The highest BCUT2D eigenvalue weighted by Crippen LogP contribution is 2.45. The molecular formula is C25H30N6O3S. The summed E-state index contributed by atoms with van der Waals surface area (Å²) in [5.74, 6) is 0.888. The molecule has 3 aliphatic heterocycles. The van der Waals surface area contributed by atoms with Crippen LogP contribution in [-0.4, -0.2) is 64.8 Å². The van der Waals surface area contributed by atoms with E-state index in [1.54, 1.807) is 0 Å². The number of anilines is 1. The van der Waals surface area contributed by atoms with Gasteiger partial charge in [-0.25, -0.2) is 16.2 Å². The molecule has 3 aromatic heterocycles. The maximum atomic E-state index is 8.20. The van der Waals surface area contributed by atoms with Crippen molar-refractivity contribution in [2.75, 3.05) is 44.5 Å². The fourth-order valence-corrected chi connectivity index (χ4v) is 6.37. The van der Waals surface area contributed by atoms with Crippen LogP contribution in [0, 0.1) is 6.57 Å². The molecule has 9 nitrogen and oxygen atoms in total. The van der Waals surface area contributed by atoms with Crippen molar-refractivity contribution in [2.24, 2.45) is 0 Å². The molecule has 0 bridgehead atoms. The van der Waals surface area contributed by atoms with E-state index in [9.17, 15) is 0 Å². The Labute approximate surface area is 209 Å². The van der Waals surface area contributed by atoms with E-state index in [4.69, 9.17) is 30.1 Å². The second-order valence-electron chi connectivity index (χ2n) is 9.59. The van der Waals surface area contributed by atoms with Crippen LogP contribution >= 0.6 is 11.5 Å². The topological polar surface area (TPSA) is 78.9 Å². The minimum Gasteiger partial charge on any atom is -0.381 e. The molecule has 3 aliphatic rings. The molecule has 3 aromatic rings. The maximum absolute atomic E-state index is 8.20. The molecular weight excluding hydrogens is 464 g/mol. The van der Waals surface area contributed by atoms with Crippen LogP contribution in [-0.2, 0) is 19.7 Å². The van der Waals surface area contributed by atoms with Crippen molar-refractivity contribution >= 4 is 27.6 Å². The van der Waals surface area contributed by atoms with Gasteiger partial charge in [0.1, 0.15) is 17.0 Å². The van der Waals surface area contributed by atoms with E-state index in [0.717, 1.165) is 65.4 Å². The smallest absolute Gasteiger partial charge is 0.263 e. The predicted molar refractivity (Wildman–Crippen MR) is 133 cm³/mol. The molecule has 3 fully saturated rings. The maximum Gasteiger partial charge on any atom is 0.263 e. The minimum absolute atomic E-state index is 0.0857. The number of ether oxygens (including phenoxy) is 3. The van der Waals surface area contributed by atoms with E-state index in [1.807, 2.05) is 16.9 Å². The van der Waals surface area contributed by atoms with Crippen LogP contribution in [0.1, 0.15) is 50.8 Å². The standard InChI is InChI=1S/C25H30N6O3S/c1-17-16-33-14-10-30(17)20-15-18(25(26-2)7-12-32-13-8-25)24-23(28-20)22(29-35-24)19-6-9-27-31(19)21-5-3-4-11-34-21/h6,9,15,17,21H,3-5,7-8,10-14,16H2,1H3/t17-,21?/m1/s1. The summed E-state index contributed by atoms with van der Waals surface area (Å²) in [6.45, 7) is 14.4. The molecule has 184 valence electrons. The van der Waals surface area contributed by atoms with E-state index < -0.39 is 5.54 Å². The van der Waals surface area contributed by atoms with Gasteiger partial charge in [0.2, 0.25) is 0 Å². The lowest BCUT2D eigenvalue weighted by molar-refractivity contribution is -0.0383. The van der Waals surface area contributed by atoms with E-state index in [2.05, 4.69) is 27.8 Å². The van der Waals surface area contributed by atoms with E-state index in [-0.39, 0.29) is 12.3 Å². The highest BCUT2D eigenvalue weighted by atomic mass is 32.1. The molecule has 35 heavy (non-hydrogen) atoms. The Hall–Kier alpha value is -2.58. The van der Waals surface area contributed by atoms with E-state index >= 15 is 0 Å². The summed E-state index contributed by atoms with van der Waals surface area (Å²) < 4.78 is 25.2. The van der Waals surface area contributed by atoms with Gasteiger partial charge in [-0.15, -0.1) is 0 Å². The van der Waals surface area contributed by atoms with Crippen molar-refractivity contribution in [1.29, 1.82) is 0 Å². The zero-order valence-corrected chi connectivity index (χ0v) is 20.8. The molecule has 3 saturated heterocycles. The summed E-state index contributed by atoms with van der Waals surface area (Å²) >= 11 is 1.44. The lowest BCUT2D eigenvalue weighted by Gasteiger charge is -2.35.